The summed E-state index contributed by atoms with van der Waals surface area (Å²) in [7, 11) is 0. The Morgan fingerprint density at radius 2 is 1.74 bits per heavy atom. The number of hydrazone groups is 1. The fourth-order valence-corrected chi connectivity index (χ4v) is 3.55. The van der Waals surface area contributed by atoms with Crippen LogP contribution in [-0.2, 0) is 6.54 Å². The highest BCUT2D eigenvalue weighted by molar-refractivity contribution is 7.80. The third-order valence-corrected chi connectivity index (χ3v) is 5.60. The van der Waals surface area contributed by atoms with Crippen LogP contribution in [0, 0.1) is 13.8 Å². The molecule has 0 aliphatic rings. The van der Waals surface area contributed by atoms with Crippen LogP contribution < -0.4 is 25.0 Å². The highest BCUT2D eigenvalue weighted by Gasteiger charge is 2.12. The summed E-state index contributed by atoms with van der Waals surface area (Å²) in [4.78, 5) is 0. The standard InChI is InChI=1S/C27H30ClN3O3S/c1-4-32-25-16-22(18-30-31-27(35)29-17-21-8-6-5-7-9-21)15-24(28)26(25)34-13-12-33-23-11-10-19(2)20(3)14-23/h5-11,14-16,18H,4,12-13,17H2,1-3H3,(H2,29,31,35)/b30-18+. The van der Waals surface area contributed by atoms with E-state index in [0.29, 0.717) is 48.0 Å². The lowest BCUT2D eigenvalue weighted by Crippen LogP contribution is -2.31. The van der Waals surface area contributed by atoms with Crippen LogP contribution in [-0.4, -0.2) is 31.1 Å². The number of thiocarbonyl (C=S) groups is 1. The molecule has 3 rings (SSSR count). The number of benzene rings is 3. The maximum absolute atomic E-state index is 6.50. The largest absolute Gasteiger partial charge is 0.490 e. The molecule has 0 aliphatic heterocycles. The van der Waals surface area contributed by atoms with Gasteiger partial charge in [-0.05, 0) is 79.5 Å². The van der Waals surface area contributed by atoms with Crippen LogP contribution >= 0.6 is 23.8 Å². The molecule has 0 amide bonds. The summed E-state index contributed by atoms with van der Waals surface area (Å²) in [6, 6.07) is 19.6. The molecule has 0 unspecified atom stereocenters. The third-order valence-electron chi connectivity index (χ3n) is 5.08. The normalized spacial score (nSPS) is 10.7. The molecule has 0 saturated carbocycles. The van der Waals surface area contributed by atoms with Gasteiger partial charge in [0.15, 0.2) is 16.6 Å². The molecule has 6 nitrogen and oxygen atoms in total. The SMILES string of the molecule is CCOc1cc(/C=N/NC(=S)NCc2ccccc2)cc(Cl)c1OCCOc1ccc(C)c(C)c1. The summed E-state index contributed by atoms with van der Waals surface area (Å²) >= 11 is 11.8. The summed E-state index contributed by atoms with van der Waals surface area (Å²) in [5.41, 5.74) is 7.10. The summed E-state index contributed by atoms with van der Waals surface area (Å²) < 4.78 is 17.4. The predicted molar refractivity (Wildman–Crippen MR) is 146 cm³/mol. The Balaban J connectivity index is 1.54. The van der Waals surface area contributed by atoms with Crippen molar-refractivity contribution in [3.05, 3.63) is 87.9 Å². The number of rotatable bonds is 11. The van der Waals surface area contributed by atoms with Crippen LogP contribution in [0.2, 0.25) is 5.02 Å². The van der Waals surface area contributed by atoms with Crippen LogP contribution in [0.5, 0.6) is 17.2 Å². The van der Waals surface area contributed by atoms with E-state index in [1.165, 1.54) is 11.1 Å². The van der Waals surface area contributed by atoms with E-state index in [-0.39, 0.29) is 0 Å². The average molecular weight is 512 g/mol. The van der Waals surface area contributed by atoms with Gasteiger partial charge in [-0.3, -0.25) is 5.43 Å². The topological polar surface area (TPSA) is 64.1 Å². The van der Waals surface area contributed by atoms with Crippen molar-refractivity contribution in [2.45, 2.75) is 27.3 Å². The maximum atomic E-state index is 6.50. The zero-order chi connectivity index (χ0) is 25.0. The van der Waals surface area contributed by atoms with Crippen molar-refractivity contribution >= 4 is 35.1 Å². The molecule has 2 N–H and O–H groups in total. The Hall–Kier alpha value is -3.29. The smallest absolute Gasteiger partial charge is 0.187 e. The van der Waals surface area contributed by atoms with Crippen molar-refractivity contribution in [1.82, 2.24) is 10.7 Å². The van der Waals surface area contributed by atoms with Gasteiger partial charge in [0.1, 0.15) is 19.0 Å². The second-order valence-corrected chi connectivity index (χ2v) is 8.56. The molecule has 8 heteroatoms. The Morgan fingerprint density at radius 1 is 0.971 bits per heavy atom. The zero-order valence-corrected chi connectivity index (χ0v) is 21.7. The monoisotopic (exact) mass is 511 g/mol. The molecule has 3 aromatic carbocycles. The van der Waals surface area contributed by atoms with Gasteiger partial charge in [-0.15, -0.1) is 0 Å². The lowest BCUT2D eigenvalue weighted by molar-refractivity contribution is 0.208. The molecule has 0 heterocycles. The van der Waals surface area contributed by atoms with Gasteiger partial charge < -0.3 is 19.5 Å². The molecule has 0 radical (unpaired) electrons. The van der Waals surface area contributed by atoms with Crippen molar-refractivity contribution in [1.29, 1.82) is 0 Å². The van der Waals surface area contributed by atoms with E-state index >= 15 is 0 Å². The first-order valence-electron chi connectivity index (χ1n) is 11.4. The molecule has 35 heavy (non-hydrogen) atoms. The fraction of sp³-hybridized carbons (Fsp3) is 0.259. The maximum Gasteiger partial charge on any atom is 0.187 e. The lowest BCUT2D eigenvalue weighted by atomic mass is 10.1. The first-order valence-corrected chi connectivity index (χ1v) is 12.1. The van der Waals surface area contributed by atoms with Crippen molar-refractivity contribution in [3.8, 4) is 17.2 Å². The van der Waals surface area contributed by atoms with Crippen LogP contribution in [0.3, 0.4) is 0 Å². The van der Waals surface area contributed by atoms with Crippen LogP contribution in [0.25, 0.3) is 0 Å². The van der Waals surface area contributed by atoms with E-state index in [1.54, 1.807) is 12.3 Å². The zero-order valence-electron chi connectivity index (χ0n) is 20.1. The number of nitrogens with one attached hydrogen (secondary N) is 2. The summed E-state index contributed by atoms with van der Waals surface area (Å²) in [6.07, 6.45) is 1.62. The first kappa shape index (κ1) is 26.3. The minimum atomic E-state index is 0.322. The number of ether oxygens (including phenoxy) is 3. The molecule has 0 spiro atoms. The van der Waals surface area contributed by atoms with Gasteiger partial charge in [-0.2, -0.15) is 5.10 Å². The quantitative estimate of drug-likeness (QED) is 0.146. The van der Waals surface area contributed by atoms with Crippen LogP contribution in [0.15, 0.2) is 65.8 Å². The number of nitrogens with zero attached hydrogens (tertiary/aromatic N) is 1. The molecule has 0 aliphatic carbocycles. The number of halogens is 1. The molecule has 184 valence electrons. The minimum absolute atomic E-state index is 0.322. The molecule has 3 aromatic rings. The first-order chi connectivity index (χ1) is 17.0. The van der Waals surface area contributed by atoms with Crippen molar-refractivity contribution in [2.75, 3.05) is 19.8 Å². The van der Waals surface area contributed by atoms with E-state index in [9.17, 15) is 0 Å². The predicted octanol–water partition coefficient (Wildman–Crippen LogP) is 5.81. The molecular formula is C27H30ClN3O3S. The minimum Gasteiger partial charge on any atom is -0.490 e. The lowest BCUT2D eigenvalue weighted by Gasteiger charge is -2.15. The van der Waals surface area contributed by atoms with Crippen LogP contribution in [0.1, 0.15) is 29.2 Å². The van der Waals surface area contributed by atoms with E-state index in [1.807, 2.05) is 61.5 Å². The van der Waals surface area contributed by atoms with Gasteiger partial charge in [0, 0.05) is 6.54 Å². The molecule has 0 atom stereocenters. The van der Waals surface area contributed by atoms with Crippen molar-refractivity contribution in [3.63, 3.8) is 0 Å². The second kappa shape index (κ2) is 13.6. The van der Waals surface area contributed by atoms with Gasteiger partial charge in [0.2, 0.25) is 0 Å². The highest BCUT2D eigenvalue weighted by atomic mass is 35.5. The molecule has 0 fully saturated rings. The number of aryl methyl sites for hydroxylation is 2. The van der Waals surface area contributed by atoms with Crippen LogP contribution in [0.4, 0.5) is 0 Å². The molecule has 0 aromatic heterocycles. The van der Waals surface area contributed by atoms with E-state index in [4.69, 9.17) is 38.0 Å². The Bertz CT molecular complexity index is 1160. The average Bonchev–Trinajstić information content (AvgIpc) is 2.85. The Morgan fingerprint density at radius 3 is 2.49 bits per heavy atom. The Labute approximate surface area is 217 Å². The summed E-state index contributed by atoms with van der Waals surface area (Å²) in [5, 5.41) is 8.15. The second-order valence-electron chi connectivity index (χ2n) is 7.74. The van der Waals surface area contributed by atoms with Gasteiger partial charge >= 0.3 is 0 Å². The van der Waals surface area contributed by atoms with E-state index < -0.39 is 0 Å². The van der Waals surface area contributed by atoms with E-state index in [2.05, 4.69) is 29.7 Å². The van der Waals surface area contributed by atoms with E-state index in [0.717, 1.165) is 16.9 Å². The third kappa shape index (κ3) is 8.46. The van der Waals surface area contributed by atoms with Gasteiger partial charge in [-0.1, -0.05) is 48.0 Å². The van der Waals surface area contributed by atoms with Gasteiger partial charge in [-0.25, -0.2) is 0 Å². The Kier molecular flexibility index (Phi) is 10.2. The van der Waals surface area contributed by atoms with Gasteiger partial charge in [0.05, 0.1) is 17.8 Å². The molecule has 0 saturated heterocycles. The number of hydrogen-bond donors (Lipinski definition) is 2. The van der Waals surface area contributed by atoms with Gasteiger partial charge in [0.25, 0.3) is 0 Å². The number of hydrogen-bond acceptors (Lipinski definition) is 5. The fourth-order valence-electron chi connectivity index (χ4n) is 3.16. The molecule has 0 bridgehead atoms. The summed E-state index contributed by atoms with van der Waals surface area (Å²) in [6.45, 7) is 7.82. The van der Waals surface area contributed by atoms with Crippen molar-refractivity contribution in [2.24, 2.45) is 5.10 Å². The summed E-state index contributed by atoms with van der Waals surface area (Å²) in [5.74, 6) is 1.82. The van der Waals surface area contributed by atoms with Crippen molar-refractivity contribution < 1.29 is 14.2 Å². The highest BCUT2D eigenvalue weighted by Crippen LogP contribution is 2.36. The molecular weight excluding hydrogens is 482 g/mol.